The van der Waals surface area contributed by atoms with Crippen molar-refractivity contribution in [2.24, 2.45) is 0 Å². The quantitative estimate of drug-likeness (QED) is 0.746. The van der Waals surface area contributed by atoms with E-state index in [4.69, 9.17) is 0 Å². The third-order valence-corrected chi connectivity index (χ3v) is 3.26. The van der Waals surface area contributed by atoms with E-state index in [9.17, 15) is 4.79 Å². The molecule has 0 aromatic carbocycles. The van der Waals surface area contributed by atoms with Gasteiger partial charge in [0.05, 0.1) is 16.9 Å². The topological polar surface area (TPSA) is 63.6 Å². The standard InChI is InChI=1S/C11H8N4OS/c16-11-2-1-9(13-14-11)10-5-8(6-17-10)15-4-3-12-7-15/h1-7H,(H,14,16). The van der Waals surface area contributed by atoms with E-state index in [1.54, 1.807) is 29.9 Å². The molecule has 0 saturated carbocycles. The third-order valence-electron chi connectivity index (χ3n) is 2.32. The zero-order valence-electron chi connectivity index (χ0n) is 8.70. The second-order valence-electron chi connectivity index (χ2n) is 3.45. The van der Waals surface area contributed by atoms with Crippen molar-refractivity contribution in [3.63, 3.8) is 0 Å². The van der Waals surface area contributed by atoms with Crippen LogP contribution in [0.25, 0.3) is 16.3 Å². The van der Waals surface area contributed by atoms with Crippen molar-refractivity contribution in [3.8, 4) is 16.3 Å². The first-order valence-electron chi connectivity index (χ1n) is 4.96. The van der Waals surface area contributed by atoms with Crippen LogP contribution in [0.15, 0.2) is 47.1 Å². The molecule has 0 unspecified atom stereocenters. The van der Waals surface area contributed by atoms with E-state index < -0.39 is 0 Å². The molecule has 0 aliphatic rings. The van der Waals surface area contributed by atoms with Crippen molar-refractivity contribution < 1.29 is 0 Å². The van der Waals surface area contributed by atoms with Crippen LogP contribution in [0, 0.1) is 0 Å². The van der Waals surface area contributed by atoms with Gasteiger partial charge in [-0.15, -0.1) is 11.3 Å². The summed E-state index contributed by atoms with van der Waals surface area (Å²) in [6, 6.07) is 5.19. The van der Waals surface area contributed by atoms with Gasteiger partial charge in [0.15, 0.2) is 0 Å². The first-order valence-corrected chi connectivity index (χ1v) is 5.84. The molecule has 0 spiro atoms. The molecule has 0 saturated heterocycles. The highest BCUT2D eigenvalue weighted by Gasteiger charge is 2.05. The lowest BCUT2D eigenvalue weighted by atomic mass is 10.3. The second-order valence-corrected chi connectivity index (χ2v) is 4.36. The molecule has 3 aromatic rings. The second kappa shape index (κ2) is 3.99. The van der Waals surface area contributed by atoms with Gasteiger partial charge in [-0.1, -0.05) is 0 Å². The van der Waals surface area contributed by atoms with Crippen molar-refractivity contribution >= 4 is 11.3 Å². The summed E-state index contributed by atoms with van der Waals surface area (Å²) >= 11 is 1.57. The molecule has 84 valence electrons. The van der Waals surface area contributed by atoms with Crippen LogP contribution in [-0.4, -0.2) is 19.7 Å². The van der Waals surface area contributed by atoms with Gasteiger partial charge in [-0.05, 0) is 12.1 Å². The fourth-order valence-corrected chi connectivity index (χ4v) is 2.35. The monoisotopic (exact) mass is 244 g/mol. The fraction of sp³-hybridized carbons (Fsp3) is 0. The van der Waals surface area contributed by atoms with Crippen LogP contribution in [0.2, 0.25) is 0 Å². The Hall–Kier alpha value is -2.21. The average Bonchev–Trinajstić information content (AvgIpc) is 3.00. The van der Waals surface area contributed by atoms with E-state index in [-0.39, 0.29) is 5.56 Å². The Kier molecular flexibility index (Phi) is 2.34. The zero-order valence-corrected chi connectivity index (χ0v) is 9.52. The molecule has 0 bridgehead atoms. The molecular formula is C11H8N4OS. The molecule has 0 aliphatic carbocycles. The molecule has 0 amide bonds. The Balaban J connectivity index is 2.00. The first kappa shape index (κ1) is 9.98. The number of nitrogens with one attached hydrogen (secondary N) is 1. The number of hydrogen-bond donors (Lipinski definition) is 1. The molecular weight excluding hydrogens is 236 g/mol. The van der Waals surface area contributed by atoms with Gasteiger partial charge in [-0.2, -0.15) is 5.10 Å². The smallest absolute Gasteiger partial charge is 0.264 e. The van der Waals surface area contributed by atoms with Gasteiger partial charge >= 0.3 is 0 Å². The maximum absolute atomic E-state index is 10.9. The summed E-state index contributed by atoms with van der Waals surface area (Å²) in [7, 11) is 0. The number of rotatable bonds is 2. The van der Waals surface area contributed by atoms with Crippen molar-refractivity contribution in [1.82, 2.24) is 19.7 Å². The number of thiophene rings is 1. The van der Waals surface area contributed by atoms with Gasteiger partial charge in [0, 0.05) is 23.8 Å². The minimum Gasteiger partial charge on any atom is -0.305 e. The van der Waals surface area contributed by atoms with Gasteiger partial charge in [-0.3, -0.25) is 4.79 Å². The summed E-state index contributed by atoms with van der Waals surface area (Å²) in [5, 5.41) is 8.43. The molecule has 0 fully saturated rings. The van der Waals surface area contributed by atoms with E-state index >= 15 is 0 Å². The zero-order chi connectivity index (χ0) is 11.7. The van der Waals surface area contributed by atoms with Crippen molar-refractivity contribution in [1.29, 1.82) is 0 Å². The summed E-state index contributed by atoms with van der Waals surface area (Å²) < 4.78 is 1.92. The van der Waals surface area contributed by atoms with Crippen molar-refractivity contribution in [2.75, 3.05) is 0 Å². The molecule has 3 rings (SSSR count). The lowest BCUT2D eigenvalue weighted by Gasteiger charge is -1.95. The molecule has 0 atom stereocenters. The Morgan fingerprint density at radius 2 is 2.29 bits per heavy atom. The molecule has 3 heterocycles. The van der Waals surface area contributed by atoms with Crippen LogP contribution in [0.4, 0.5) is 0 Å². The Labute approximate surface area is 100 Å². The van der Waals surface area contributed by atoms with E-state index in [2.05, 4.69) is 15.2 Å². The Bertz CT molecular complexity index is 663. The SMILES string of the molecule is O=c1ccc(-c2cc(-n3ccnc3)cs2)n[nH]1. The Morgan fingerprint density at radius 1 is 1.35 bits per heavy atom. The molecule has 0 aliphatic heterocycles. The van der Waals surface area contributed by atoms with E-state index in [1.807, 2.05) is 22.2 Å². The van der Waals surface area contributed by atoms with E-state index in [0.717, 1.165) is 16.3 Å². The number of aromatic nitrogens is 4. The van der Waals surface area contributed by atoms with Crippen LogP contribution < -0.4 is 5.56 Å². The molecule has 6 heteroatoms. The minimum absolute atomic E-state index is 0.194. The van der Waals surface area contributed by atoms with Crippen molar-refractivity contribution in [3.05, 3.63) is 52.7 Å². The predicted octanol–water partition coefficient (Wildman–Crippen LogP) is 1.68. The summed E-state index contributed by atoms with van der Waals surface area (Å²) in [4.78, 5) is 15.9. The Morgan fingerprint density at radius 3 is 3.00 bits per heavy atom. The maximum Gasteiger partial charge on any atom is 0.264 e. The predicted molar refractivity (Wildman–Crippen MR) is 65.3 cm³/mol. The highest BCUT2D eigenvalue weighted by atomic mass is 32.1. The minimum atomic E-state index is -0.194. The van der Waals surface area contributed by atoms with Crippen LogP contribution in [-0.2, 0) is 0 Å². The number of nitrogens with zero attached hydrogens (tertiary/aromatic N) is 3. The van der Waals surface area contributed by atoms with Crippen LogP contribution in [0.1, 0.15) is 0 Å². The first-order chi connectivity index (χ1) is 8.33. The molecule has 17 heavy (non-hydrogen) atoms. The average molecular weight is 244 g/mol. The molecule has 5 nitrogen and oxygen atoms in total. The fourth-order valence-electron chi connectivity index (χ4n) is 1.49. The number of aromatic amines is 1. The van der Waals surface area contributed by atoms with Gasteiger partial charge < -0.3 is 4.57 Å². The number of H-pyrrole nitrogens is 1. The lowest BCUT2D eigenvalue weighted by Crippen LogP contribution is -2.05. The maximum atomic E-state index is 10.9. The third kappa shape index (κ3) is 1.90. The summed E-state index contributed by atoms with van der Waals surface area (Å²) in [5.74, 6) is 0. The van der Waals surface area contributed by atoms with Gasteiger partial charge in [0.2, 0.25) is 0 Å². The van der Waals surface area contributed by atoms with Gasteiger partial charge in [-0.25, -0.2) is 10.1 Å². The van der Waals surface area contributed by atoms with Crippen LogP contribution >= 0.6 is 11.3 Å². The van der Waals surface area contributed by atoms with E-state index in [0.29, 0.717) is 0 Å². The van der Waals surface area contributed by atoms with E-state index in [1.165, 1.54) is 6.07 Å². The van der Waals surface area contributed by atoms with Gasteiger partial charge in [0.1, 0.15) is 5.69 Å². The molecule has 0 radical (unpaired) electrons. The molecule has 3 aromatic heterocycles. The largest absolute Gasteiger partial charge is 0.305 e. The summed E-state index contributed by atoms with van der Waals surface area (Å²) in [5.41, 5.74) is 1.61. The lowest BCUT2D eigenvalue weighted by molar-refractivity contribution is 0.997. The molecule has 1 N–H and O–H groups in total. The summed E-state index contributed by atoms with van der Waals surface area (Å²) in [6.45, 7) is 0. The normalized spacial score (nSPS) is 10.6. The number of hydrogen-bond acceptors (Lipinski definition) is 4. The van der Waals surface area contributed by atoms with Crippen LogP contribution in [0.3, 0.4) is 0 Å². The summed E-state index contributed by atoms with van der Waals surface area (Å²) in [6.07, 6.45) is 5.36. The highest BCUT2D eigenvalue weighted by molar-refractivity contribution is 7.13. The van der Waals surface area contributed by atoms with Crippen LogP contribution in [0.5, 0.6) is 0 Å². The van der Waals surface area contributed by atoms with Gasteiger partial charge in [0.25, 0.3) is 5.56 Å². The number of imidazole rings is 1. The van der Waals surface area contributed by atoms with Crippen molar-refractivity contribution in [2.45, 2.75) is 0 Å². The highest BCUT2D eigenvalue weighted by Crippen LogP contribution is 2.26.